The van der Waals surface area contributed by atoms with E-state index in [1.165, 1.54) is 30.5 Å². The van der Waals surface area contributed by atoms with Gasteiger partial charge in [0.15, 0.2) is 5.76 Å². The molecule has 2 rings (SSSR count). The smallest absolute Gasteiger partial charge is 0.287 e. The molecule has 1 heterocycles. The summed E-state index contributed by atoms with van der Waals surface area (Å²) in [5, 5.41) is 11.8. The highest BCUT2D eigenvalue weighted by atomic mass is 35.5. The van der Waals surface area contributed by atoms with Crippen LogP contribution in [0.2, 0.25) is 5.02 Å². The number of rotatable bonds is 4. The Hall–Kier alpha value is -1.85. The molecule has 0 saturated heterocycles. The van der Waals surface area contributed by atoms with Crippen molar-refractivity contribution >= 4 is 17.5 Å². The standard InChI is InChI=1S/C13H11ClFNO3/c14-9-4-3-8(6-10(9)15)11(7-17)16-13(18)12-2-1-5-19-12/h1-6,11,17H,7H2,(H,16,18). The molecule has 2 N–H and O–H groups in total. The van der Waals surface area contributed by atoms with Gasteiger partial charge in [0.05, 0.1) is 23.9 Å². The van der Waals surface area contributed by atoms with Crippen molar-refractivity contribution in [2.24, 2.45) is 0 Å². The Morgan fingerprint density at radius 3 is 2.84 bits per heavy atom. The minimum Gasteiger partial charge on any atom is -0.459 e. The molecular formula is C13H11ClFNO3. The molecule has 6 heteroatoms. The van der Waals surface area contributed by atoms with E-state index in [0.29, 0.717) is 5.56 Å². The first-order valence-electron chi connectivity index (χ1n) is 5.52. The molecule has 100 valence electrons. The number of aliphatic hydroxyl groups is 1. The zero-order chi connectivity index (χ0) is 13.8. The predicted molar refractivity (Wildman–Crippen MR) is 67.4 cm³/mol. The monoisotopic (exact) mass is 283 g/mol. The van der Waals surface area contributed by atoms with E-state index >= 15 is 0 Å². The summed E-state index contributed by atoms with van der Waals surface area (Å²) in [4.78, 5) is 11.8. The van der Waals surface area contributed by atoms with Gasteiger partial charge >= 0.3 is 0 Å². The molecule has 4 nitrogen and oxygen atoms in total. The maximum atomic E-state index is 13.3. The van der Waals surface area contributed by atoms with Crippen molar-refractivity contribution in [2.45, 2.75) is 6.04 Å². The van der Waals surface area contributed by atoms with Gasteiger partial charge in [-0.1, -0.05) is 17.7 Å². The molecule has 0 spiro atoms. The number of furan rings is 1. The van der Waals surface area contributed by atoms with E-state index in [4.69, 9.17) is 16.0 Å². The van der Waals surface area contributed by atoms with Crippen LogP contribution in [0.25, 0.3) is 0 Å². The van der Waals surface area contributed by atoms with Gasteiger partial charge in [0.1, 0.15) is 5.82 Å². The summed E-state index contributed by atoms with van der Waals surface area (Å²) in [5.41, 5.74) is 0.421. The fourth-order valence-electron chi connectivity index (χ4n) is 1.60. The highest BCUT2D eigenvalue weighted by Crippen LogP contribution is 2.20. The average molecular weight is 284 g/mol. The average Bonchev–Trinajstić information content (AvgIpc) is 2.93. The van der Waals surface area contributed by atoms with Crippen LogP contribution in [-0.4, -0.2) is 17.6 Å². The van der Waals surface area contributed by atoms with Gasteiger partial charge in [0.25, 0.3) is 5.91 Å². The zero-order valence-electron chi connectivity index (χ0n) is 9.77. The van der Waals surface area contributed by atoms with Gasteiger partial charge in [-0.3, -0.25) is 4.79 Å². The van der Waals surface area contributed by atoms with Crippen LogP contribution in [0.3, 0.4) is 0 Å². The third-order valence-electron chi connectivity index (χ3n) is 2.58. The molecule has 0 bridgehead atoms. The van der Waals surface area contributed by atoms with Gasteiger partial charge in [-0.15, -0.1) is 0 Å². The Kier molecular flexibility index (Phi) is 4.19. The fourth-order valence-corrected chi connectivity index (χ4v) is 1.72. The zero-order valence-corrected chi connectivity index (χ0v) is 10.5. The minimum absolute atomic E-state index is 0.0159. The fraction of sp³-hybridized carbons (Fsp3) is 0.154. The van der Waals surface area contributed by atoms with Crippen molar-refractivity contribution in [1.82, 2.24) is 5.32 Å². The van der Waals surface area contributed by atoms with E-state index in [9.17, 15) is 14.3 Å². The highest BCUT2D eigenvalue weighted by molar-refractivity contribution is 6.30. The topological polar surface area (TPSA) is 62.5 Å². The molecule has 1 amide bonds. The SMILES string of the molecule is O=C(NC(CO)c1ccc(Cl)c(F)c1)c1ccco1. The molecule has 0 fully saturated rings. The van der Waals surface area contributed by atoms with Gasteiger partial charge in [-0.2, -0.15) is 0 Å². The summed E-state index contributed by atoms with van der Waals surface area (Å²) < 4.78 is 18.3. The molecule has 2 aromatic rings. The molecule has 1 aromatic carbocycles. The lowest BCUT2D eigenvalue weighted by Gasteiger charge is -2.16. The van der Waals surface area contributed by atoms with Crippen molar-refractivity contribution in [3.05, 3.63) is 58.8 Å². The van der Waals surface area contributed by atoms with Crippen molar-refractivity contribution in [1.29, 1.82) is 0 Å². The first-order chi connectivity index (χ1) is 9.11. The minimum atomic E-state index is -0.732. The second-order valence-corrected chi connectivity index (χ2v) is 4.27. The van der Waals surface area contributed by atoms with Crippen molar-refractivity contribution in [3.63, 3.8) is 0 Å². The summed E-state index contributed by atoms with van der Waals surface area (Å²) in [5.74, 6) is -0.975. The Balaban J connectivity index is 2.16. The number of hydrogen-bond donors (Lipinski definition) is 2. The van der Waals surface area contributed by atoms with Gasteiger partial charge in [-0.25, -0.2) is 4.39 Å². The van der Waals surface area contributed by atoms with Crippen LogP contribution in [0.1, 0.15) is 22.2 Å². The molecule has 1 atom stereocenters. The van der Waals surface area contributed by atoms with Crippen LogP contribution in [0.4, 0.5) is 4.39 Å². The molecular weight excluding hydrogens is 273 g/mol. The third kappa shape index (κ3) is 3.13. The largest absolute Gasteiger partial charge is 0.459 e. The number of carbonyl (C=O) groups excluding carboxylic acids is 1. The van der Waals surface area contributed by atoms with Crippen LogP contribution in [0, 0.1) is 5.82 Å². The van der Waals surface area contributed by atoms with E-state index in [-0.39, 0.29) is 17.4 Å². The first kappa shape index (κ1) is 13.6. The van der Waals surface area contributed by atoms with Gasteiger partial charge in [0.2, 0.25) is 0 Å². The molecule has 0 saturated carbocycles. The van der Waals surface area contributed by atoms with Crippen LogP contribution in [0.15, 0.2) is 41.0 Å². The number of halogens is 2. The third-order valence-corrected chi connectivity index (χ3v) is 2.89. The van der Waals surface area contributed by atoms with E-state index < -0.39 is 17.8 Å². The molecule has 0 aliphatic heterocycles. The number of carbonyl (C=O) groups is 1. The quantitative estimate of drug-likeness (QED) is 0.906. The van der Waals surface area contributed by atoms with E-state index in [1.807, 2.05) is 0 Å². The van der Waals surface area contributed by atoms with Gasteiger partial charge in [-0.05, 0) is 29.8 Å². The lowest BCUT2D eigenvalue weighted by Crippen LogP contribution is -2.30. The number of hydrogen-bond acceptors (Lipinski definition) is 3. The van der Waals surface area contributed by atoms with E-state index in [1.54, 1.807) is 6.07 Å². The van der Waals surface area contributed by atoms with Gasteiger partial charge < -0.3 is 14.8 Å². The lowest BCUT2D eigenvalue weighted by atomic mass is 10.1. The van der Waals surface area contributed by atoms with E-state index in [2.05, 4.69) is 5.32 Å². The Morgan fingerprint density at radius 2 is 2.26 bits per heavy atom. The Labute approximate surface area is 113 Å². The summed E-state index contributed by atoms with van der Waals surface area (Å²) in [6.07, 6.45) is 1.37. The van der Waals surface area contributed by atoms with Crippen LogP contribution >= 0.6 is 11.6 Å². The number of nitrogens with one attached hydrogen (secondary N) is 1. The van der Waals surface area contributed by atoms with Gasteiger partial charge in [0, 0.05) is 0 Å². The number of benzene rings is 1. The number of aliphatic hydroxyl groups excluding tert-OH is 1. The molecule has 1 aromatic heterocycles. The molecule has 0 radical (unpaired) electrons. The van der Waals surface area contributed by atoms with Crippen molar-refractivity contribution < 1.29 is 18.7 Å². The van der Waals surface area contributed by atoms with Crippen molar-refractivity contribution in [2.75, 3.05) is 6.61 Å². The molecule has 0 aliphatic carbocycles. The highest BCUT2D eigenvalue weighted by Gasteiger charge is 2.17. The Morgan fingerprint density at radius 1 is 1.47 bits per heavy atom. The first-order valence-corrected chi connectivity index (χ1v) is 5.90. The maximum Gasteiger partial charge on any atom is 0.287 e. The second-order valence-electron chi connectivity index (χ2n) is 3.86. The van der Waals surface area contributed by atoms with Crippen molar-refractivity contribution in [3.8, 4) is 0 Å². The maximum absolute atomic E-state index is 13.3. The summed E-state index contributed by atoms with van der Waals surface area (Å²) in [6, 6.07) is 6.41. The Bertz CT molecular complexity index is 571. The normalized spacial score (nSPS) is 12.2. The summed E-state index contributed by atoms with van der Waals surface area (Å²) >= 11 is 5.58. The van der Waals surface area contributed by atoms with Crippen LogP contribution < -0.4 is 5.32 Å². The molecule has 1 unspecified atom stereocenters. The summed E-state index contributed by atoms with van der Waals surface area (Å²) in [6.45, 7) is -0.368. The second kappa shape index (κ2) is 5.86. The van der Waals surface area contributed by atoms with Crippen LogP contribution in [0.5, 0.6) is 0 Å². The lowest BCUT2D eigenvalue weighted by molar-refractivity contribution is 0.0888. The number of amides is 1. The molecule has 19 heavy (non-hydrogen) atoms. The summed E-state index contributed by atoms with van der Waals surface area (Å²) in [7, 11) is 0. The predicted octanol–water partition coefficient (Wildman–Crippen LogP) is 2.54. The van der Waals surface area contributed by atoms with Crippen LogP contribution in [-0.2, 0) is 0 Å². The van der Waals surface area contributed by atoms with E-state index in [0.717, 1.165) is 0 Å². The molecule has 0 aliphatic rings.